The van der Waals surface area contributed by atoms with Gasteiger partial charge in [0.25, 0.3) is 5.91 Å². The zero-order valence-electron chi connectivity index (χ0n) is 25.0. The molecule has 0 heterocycles. The standard InChI is InChI=1S/C32H33N5O9/c1-18(38)36(43)29(33)20-5-11-25(12-6-20)45-27-15-23(31(40)35-24-9-3-22(4-10-24)32(41)42)16-28(17-27)46-26-13-7-21(8-14-26)30(34)37(44)19(2)39/h5-8,11-17,22,24,33-34,43-44H,3-4,9-10H2,1-2H3,(H,35,40)(H,41,42). The number of hydrogen-bond donors (Lipinski definition) is 6. The Morgan fingerprint density at radius 3 is 1.46 bits per heavy atom. The lowest BCUT2D eigenvalue weighted by atomic mass is 9.86. The maximum absolute atomic E-state index is 13.3. The number of hydrogen-bond acceptors (Lipinski definition) is 10. The van der Waals surface area contributed by atoms with Crippen LogP contribution in [0.4, 0.5) is 0 Å². The van der Waals surface area contributed by atoms with Gasteiger partial charge in [0.05, 0.1) is 5.92 Å². The third-order valence-electron chi connectivity index (χ3n) is 7.30. The molecule has 6 N–H and O–H groups in total. The van der Waals surface area contributed by atoms with Crippen molar-refractivity contribution in [3.8, 4) is 23.0 Å². The average Bonchev–Trinajstić information content (AvgIpc) is 3.04. The Morgan fingerprint density at radius 1 is 0.674 bits per heavy atom. The number of amidine groups is 2. The fraction of sp³-hybridized carbons (Fsp3) is 0.250. The van der Waals surface area contributed by atoms with E-state index in [4.69, 9.17) is 20.3 Å². The molecule has 0 saturated heterocycles. The topological polar surface area (TPSA) is 214 Å². The predicted molar refractivity (Wildman–Crippen MR) is 163 cm³/mol. The van der Waals surface area contributed by atoms with E-state index in [0.29, 0.717) is 37.2 Å². The number of hydroxylamine groups is 4. The van der Waals surface area contributed by atoms with Crippen molar-refractivity contribution in [2.75, 3.05) is 0 Å². The highest BCUT2D eigenvalue weighted by atomic mass is 16.5. The van der Waals surface area contributed by atoms with E-state index in [1.807, 2.05) is 0 Å². The van der Waals surface area contributed by atoms with E-state index < -0.39 is 41.3 Å². The van der Waals surface area contributed by atoms with Gasteiger partial charge in [-0.15, -0.1) is 0 Å². The summed E-state index contributed by atoms with van der Waals surface area (Å²) in [4.78, 5) is 47.4. The average molecular weight is 632 g/mol. The summed E-state index contributed by atoms with van der Waals surface area (Å²) in [6, 6.07) is 16.3. The first kappa shape index (κ1) is 33.3. The third-order valence-corrected chi connectivity index (χ3v) is 7.30. The summed E-state index contributed by atoms with van der Waals surface area (Å²) in [6.45, 7) is 2.24. The zero-order valence-corrected chi connectivity index (χ0v) is 25.0. The van der Waals surface area contributed by atoms with E-state index in [1.54, 1.807) is 0 Å². The van der Waals surface area contributed by atoms with Gasteiger partial charge in [-0.05, 0) is 86.3 Å². The molecular weight excluding hydrogens is 598 g/mol. The number of aliphatic carboxylic acids is 1. The van der Waals surface area contributed by atoms with Crippen LogP contribution in [0.25, 0.3) is 0 Å². The molecule has 1 saturated carbocycles. The lowest BCUT2D eigenvalue weighted by molar-refractivity contribution is -0.147. The van der Waals surface area contributed by atoms with Gasteiger partial charge < -0.3 is 19.9 Å². The second-order valence-electron chi connectivity index (χ2n) is 10.7. The summed E-state index contributed by atoms with van der Waals surface area (Å²) in [5, 5.41) is 48.1. The molecule has 0 aliphatic heterocycles. The molecule has 240 valence electrons. The molecule has 1 aliphatic rings. The van der Waals surface area contributed by atoms with E-state index in [9.17, 15) is 34.7 Å². The molecule has 14 heteroatoms. The van der Waals surface area contributed by atoms with Crippen LogP contribution in [0.3, 0.4) is 0 Å². The Hall–Kier alpha value is -5.60. The molecule has 4 rings (SSSR count). The molecule has 14 nitrogen and oxygen atoms in total. The zero-order chi connectivity index (χ0) is 33.5. The van der Waals surface area contributed by atoms with Crippen LogP contribution in [0, 0.1) is 16.7 Å². The van der Waals surface area contributed by atoms with Gasteiger partial charge in [0.1, 0.15) is 23.0 Å². The number of carbonyl (C=O) groups is 4. The Labute approximate surface area is 263 Å². The molecule has 0 radical (unpaired) electrons. The van der Waals surface area contributed by atoms with Crippen molar-refractivity contribution in [2.24, 2.45) is 5.92 Å². The Morgan fingerprint density at radius 2 is 1.09 bits per heavy atom. The van der Waals surface area contributed by atoms with Crippen LogP contribution in [0.5, 0.6) is 23.0 Å². The second-order valence-corrected chi connectivity index (χ2v) is 10.7. The van der Waals surface area contributed by atoms with Crippen molar-refractivity contribution in [1.82, 2.24) is 15.4 Å². The first-order chi connectivity index (χ1) is 21.8. The first-order valence-corrected chi connectivity index (χ1v) is 14.2. The van der Waals surface area contributed by atoms with E-state index in [1.165, 1.54) is 66.7 Å². The Kier molecular flexibility index (Phi) is 10.5. The SMILES string of the molecule is CC(=O)N(O)C(=N)c1ccc(Oc2cc(Oc3ccc(C(=N)N(O)C(C)=O)cc3)cc(C(=O)NC3CCC(C(=O)O)CC3)c2)cc1. The normalized spacial score (nSPS) is 15.7. The third kappa shape index (κ3) is 8.31. The van der Waals surface area contributed by atoms with Gasteiger partial charge in [0, 0.05) is 42.6 Å². The van der Waals surface area contributed by atoms with Crippen molar-refractivity contribution in [1.29, 1.82) is 10.8 Å². The molecule has 0 aromatic heterocycles. The number of nitrogens with one attached hydrogen (secondary N) is 3. The summed E-state index contributed by atoms with van der Waals surface area (Å²) in [5.74, 6) is -2.87. The van der Waals surface area contributed by atoms with Crippen LogP contribution in [0.15, 0.2) is 66.7 Å². The highest BCUT2D eigenvalue weighted by Gasteiger charge is 2.27. The molecule has 0 atom stereocenters. The number of carboxylic acid groups (broad SMARTS) is 1. The van der Waals surface area contributed by atoms with Crippen molar-refractivity contribution < 1.29 is 44.2 Å². The van der Waals surface area contributed by atoms with Gasteiger partial charge in [0.2, 0.25) is 11.8 Å². The molecule has 1 fully saturated rings. The second kappa shape index (κ2) is 14.5. The minimum Gasteiger partial charge on any atom is -0.481 e. The number of carbonyl (C=O) groups excluding carboxylic acids is 3. The quantitative estimate of drug-likeness (QED) is 0.0829. The molecule has 46 heavy (non-hydrogen) atoms. The lowest BCUT2D eigenvalue weighted by Crippen LogP contribution is -2.38. The van der Waals surface area contributed by atoms with Gasteiger partial charge in [-0.2, -0.15) is 10.1 Å². The van der Waals surface area contributed by atoms with E-state index >= 15 is 0 Å². The Balaban J connectivity index is 1.56. The highest BCUT2D eigenvalue weighted by Crippen LogP contribution is 2.32. The number of amides is 3. The molecule has 0 spiro atoms. The van der Waals surface area contributed by atoms with Gasteiger partial charge in [-0.3, -0.25) is 40.4 Å². The van der Waals surface area contributed by atoms with E-state index in [2.05, 4.69) is 5.32 Å². The summed E-state index contributed by atoms with van der Waals surface area (Å²) < 4.78 is 12.0. The minimum atomic E-state index is -0.841. The largest absolute Gasteiger partial charge is 0.481 e. The molecule has 0 unspecified atom stereocenters. The summed E-state index contributed by atoms with van der Waals surface area (Å²) in [7, 11) is 0. The van der Waals surface area contributed by atoms with Crippen molar-refractivity contribution in [2.45, 2.75) is 45.6 Å². The van der Waals surface area contributed by atoms with Gasteiger partial charge in [-0.25, -0.2) is 0 Å². The van der Waals surface area contributed by atoms with Crippen LogP contribution in [-0.2, 0) is 14.4 Å². The number of ether oxygens (including phenoxy) is 2. The predicted octanol–water partition coefficient (Wildman–Crippen LogP) is 4.77. The summed E-state index contributed by atoms with van der Waals surface area (Å²) >= 11 is 0. The van der Waals surface area contributed by atoms with Crippen LogP contribution < -0.4 is 14.8 Å². The van der Waals surface area contributed by atoms with Crippen molar-refractivity contribution in [3.63, 3.8) is 0 Å². The van der Waals surface area contributed by atoms with Crippen LogP contribution >= 0.6 is 0 Å². The minimum absolute atomic E-state index is 0.204. The van der Waals surface area contributed by atoms with Crippen LogP contribution in [-0.4, -0.2) is 67.1 Å². The molecule has 1 aliphatic carbocycles. The van der Waals surface area contributed by atoms with Gasteiger partial charge >= 0.3 is 5.97 Å². The van der Waals surface area contributed by atoms with Crippen LogP contribution in [0.1, 0.15) is 61.0 Å². The summed E-state index contributed by atoms with van der Waals surface area (Å²) in [6.07, 6.45) is 1.96. The smallest absolute Gasteiger partial charge is 0.306 e. The maximum atomic E-state index is 13.3. The highest BCUT2D eigenvalue weighted by molar-refractivity contribution is 6.05. The molecule has 3 amide bonds. The van der Waals surface area contributed by atoms with E-state index in [0.717, 1.165) is 13.8 Å². The number of rotatable bonds is 9. The monoisotopic (exact) mass is 631 g/mol. The molecular formula is C32H33N5O9. The maximum Gasteiger partial charge on any atom is 0.306 e. The van der Waals surface area contributed by atoms with Crippen molar-refractivity contribution in [3.05, 3.63) is 83.4 Å². The fourth-order valence-corrected chi connectivity index (χ4v) is 4.77. The molecule has 3 aromatic carbocycles. The van der Waals surface area contributed by atoms with Crippen molar-refractivity contribution >= 4 is 35.4 Å². The van der Waals surface area contributed by atoms with Gasteiger partial charge in [-0.1, -0.05) is 0 Å². The van der Waals surface area contributed by atoms with Crippen LogP contribution in [0.2, 0.25) is 0 Å². The number of carboxylic acids is 1. The van der Waals surface area contributed by atoms with E-state index in [-0.39, 0.29) is 44.4 Å². The number of benzene rings is 3. The lowest BCUT2D eigenvalue weighted by Gasteiger charge is -2.27. The Bertz CT molecular complexity index is 1550. The molecule has 0 bridgehead atoms. The number of nitrogens with zero attached hydrogens (tertiary/aromatic N) is 2. The molecule has 3 aromatic rings. The fourth-order valence-electron chi connectivity index (χ4n) is 4.77. The first-order valence-electron chi connectivity index (χ1n) is 14.2. The summed E-state index contributed by atoms with van der Waals surface area (Å²) in [5.41, 5.74) is 0.715. The van der Waals surface area contributed by atoms with Gasteiger partial charge in [0.15, 0.2) is 11.7 Å².